The summed E-state index contributed by atoms with van der Waals surface area (Å²) in [5.74, 6) is 1.39. The molecule has 27 heavy (non-hydrogen) atoms. The number of aromatic amines is 1. The number of methoxy groups -OCH3 is 2. The van der Waals surface area contributed by atoms with Crippen molar-refractivity contribution in [3.63, 3.8) is 0 Å². The molecule has 1 aromatic heterocycles. The number of rotatable bonds is 5. The minimum absolute atomic E-state index is 0.690. The lowest BCUT2D eigenvalue weighted by Gasteiger charge is -2.27. The SMILES string of the molecule is COc1cc(Br)cc(-c2n[nH]c3c2CN(Cc2ccccc2)CC3)c1OC. The molecule has 0 saturated carbocycles. The fraction of sp³-hybridized carbons (Fsp3) is 0.286. The predicted octanol–water partition coefficient (Wildman–Crippen LogP) is 4.41. The van der Waals surface area contributed by atoms with Gasteiger partial charge in [-0.1, -0.05) is 46.3 Å². The van der Waals surface area contributed by atoms with Gasteiger partial charge in [0.05, 0.1) is 14.2 Å². The zero-order valence-corrected chi connectivity index (χ0v) is 17.0. The normalized spacial score (nSPS) is 14.0. The Morgan fingerprint density at radius 2 is 1.96 bits per heavy atom. The highest BCUT2D eigenvalue weighted by Gasteiger charge is 2.25. The zero-order valence-electron chi connectivity index (χ0n) is 15.5. The highest BCUT2D eigenvalue weighted by molar-refractivity contribution is 9.10. The standard InChI is InChI=1S/C21H22BrN3O2/c1-26-19-11-15(22)10-16(21(19)27-2)20-17-13-25(9-8-18(17)23-24-20)12-14-6-4-3-5-7-14/h3-7,10-11H,8-9,12-13H2,1-2H3,(H,23,24). The maximum atomic E-state index is 5.65. The Bertz CT molecular complexity index is 940. The molecule has 1 N–H and O–H groups in total. The minimum atomic E-state index is 0.690. The third-order valence-corrected chi connectivity index (χ3v) is 5.42. The first-order valence-electron chi connectivity index (χ1n) is 8.94. The smallest absolute Gasteiger partial charge is 0.170 e. The molecule has 0 bridgehead atoms. The molecule has 2 aromatic carbocycles. The first kappa shape index (κ1) is 18.1. The average Bonchev–Trinajstić information content (AvgIpc) is 3.11. The highest BCUT2D eigenvalue weighted by atomic mass is 79.9. The number of halogens is 1. The molecule has 0 unspecified atom stereocenters. The molecule has 0 aliphatic carbocycles. The van der Waals surface area contributed by atoms with Crippen LogP contribution in [0, 0.1) is 0 Å². The van der Waals surface area contributed by atoms with Crippen LogP contribution in [0.25, 0.3) is 11.3 Å². The van der Waals surface area contributed by atoms with Gasteiger partial charge in [-0.05, 0) is 17.7 Å². The van der Waals surface area contributed by atoms with Crippen LogP contribution in [-0.4, -0.2) is 35.9 Å². The molecule has 5 nitrogen and oxygen atoms in total. The number of H-pyrrole nitrogens is 1. The van der Waals surface area contributed by atoms with Gasteiger partial charge in [0.2, 0.25) is 0 Å². The Hall–Kier alpha value is -2.31. The first-order chi connectivity index (χ1) is 13.2. The lowest BCUT2D eigenvalue weighted by molar-refractivity contribution is 0.245. The van der Waals surface area contributed by atoms with E-state index in [0.717, 1.165) is 41.8 Å². The summed E-state index contributed by atoms with van der Waals surface area (Å²) >= 11 is 3.57. The van der Waals surface area contributed by atoms with Crippen molar-refractivity contribution in [2.45, 2.75) is 19.5 Å². The maximum Gasteiger partial charge on any atom is 0.170 e. The van der Waals surface area contributed by atoms with Crippen LogP contribution in [0.5, 0.6) is 11.5 Å². The Morgan fingerprint density at radius 3 is 2.70 bits per heavy atom. The lowest BCUT2D eigenvalue weighted by Crippen LogP contribution is -2.30. The van der Waals surface area contributed by atoms with Crippen molar-refractivity contribution in [3.05, 3.63) is 63.8 Å². The molecule has 3 aromatic rings. The number of nitrogens with zero attached hydrogens (tertiary/aromatic N) is 2. The van der Waals surface area contributed by atoms with Crippen LogP contribution in [0.1, 0.15) is 16.8 Å². The van der Waals surface area contributed by atoms with E-state index >= 15 is 0 Å². The van der Waals surface area contributed by atoms with E-state index in [1.165, 1.54) is 16.8 Å². The van der Waals surface area contributed by atoms with Gasteiger partial charge in [0, 0.05) is 47.3 Å². The largest absolute Gasteiger partial charge is 0.493 e. The molecule has 0 amide bonds. The number of nitrogens with one attached hydrogen (secondary N) is 1. The van der Waals surface area contributed by atoms with Gasteiger partial charge in [0.15, 0.2) is 11.5 Å². The number of fused-ring (bicyclic) bond motifs is 1. The van der Waals surface area contributed by atoms with Crippen LogP contribution in [0.15, 0.2) is 46.9 Å². The number of benzene rings is 2. The summed E-state index contributed by atoms with van der Waals surface area (Å²) in [6.07, 6.45) is 0.961. The number of hydrogen-bond donors (Lipinski definition) is 1. The van der Waals surface area contributed by atoms with E-state index in [1.54, 1.807) is 14.2 Å². The van der Waals surface area contributed by atoms with Crippen LogP contribution in [0.4, 0.5) is 0 Å². The van der Waals surface area contributed by atoms with Crippen LogP contribution in [0.2, 0.25) is 0 Å². The van der Waals surface area contributed by atoms with Gasteiger partial charge in [-0.2, -0.15) is 5.10 Å². The van der Waals surface area contributed by atoms with Crippen molar-refractivity contribution in [2.24, 2.45) is 0 Å². The molecule has 0 atom stereocenters. The topological polar surface area (TPSA) is 50.4 Å². The van der Waals surface area contributed by atoms with E-state index in [9.17, 15) is 0 Å². The van der Waals surface area contributed by atoms with Gasteiger partial charge in [0.25, 0.3) is 0 Å². The summed E-state index contributed by atoms with van der Waals surface area (Å²) in [7, 11) is 3.31. The van der Waals surface area contributed by atoms with Crippen LogP contribution in [0.3, 0.4) is 0 Å². The summed E-state index contributed by atoms with van der Waals surface area (Å²) in [5.41, 5.74) is 5.63. The van der Waals surface area contributed by atoms with Crippen molar-refractivity contribution >= 4 is 15.9 Å². The van der Waals surface area contributed by atoms with E-state index < -0.39 is 0 Å². The van der Waals surface area contributed by atoms with E-state index in [-0.39, 0.29) is 0 Å². The Kier molecular flexibility index (Phi) is 5.18. The molecule has 140 valence electrons. The fourth-order valence-electron chi connectivity index (χ4n) is 3.66. The van der Waals surface area contributed by atoms with Gasteiger partial charge in [-0.25, -0.2) is 0 Å². The highest BCUT2D eigenvalue weighted by Crippen LogP contribution is 2.42. The van der Waals surface area contributed by atoms with Gasteiger partial charge in [-0.3, -0.25) is 10.00 Å². The van der Waals surface area contributed by atoms with Gasteiger partial charge >= 0.3 is 0 Å². The summed E-state index contributed by atoms with van der Waals surface area (Å²) in [6.45, 7) is 2.81. The second-order valence-electron chi connectivity index (χ2n) is 6.66. The minimum Gasteiger partial charge on any atom is -0.493 e. The molecule has 0 spiro atoms. The van der Waals surface area contributed by atoms with Crippen molar-refractivity contribution < 1.29 is 9.47 Å². The second kappa shape index (κ2) is 7.74. The summed E-state index contributed by atoms with van der Waals surface area (Å²) in [4.78, 5) is 2.46. The van der Waals surface area contributed by atoms with Crippen molar-refractivity contribution in [2.75, 3.05) is 20.8 Å². The van der Waals surface area contributed by atoms with Crippen molar-refractivity contribution in [1.29, 1.82) is 0 Å². The van der Waals surface area contributed by atoms with Crippen molar-refractivity contribution in [3.8, 4) is 22.8 Å². The van der Waals surface area contributed by atoms with Gasteiger partial charge < -0.3 is 9.47 Å². The third-order valence-electron chi connectivity index (χ3n) is 4.96. The van der Waals surface area contributed by atoms with E-state index in [1.807, 2.05) is 12.1 Å². The Balaban J connectivity index is 1.69. The summed E-state index contributed by atoms with van der Waals surface area (Å²) in [6, 6.07) is 14.5. The lowest BCUT2D eigenvalue weighted by atomic mass is 9.99. The molecule has 1 aliphatic heterocycles. The van der Waals surface area contributed by atoms with Crippen LogP contribution < -0.4 is 9.47 Å². The molecule has 0 fully saturated rings. The first-order valence-corrected chi connectivity index (χ1v) is 9.73. The van der Waals surface area contributed by atoms with Gasteiger partial charge in [0.1, 0.15) is 5.69 Å². The zero-order chi connectivity index (χ0) is 18.8. The number of hydrogen-bond acceptors (Lipinski definition) is 4. The van der Waals surface area contributed by atoms with Gasteiger partial charge in [-0.15, -0.1) is 0 Å². The third kappa shape index (κ3) is 3.59. The maximum absolute atomic E-state index is 5.65. The molecular weight excluding hydrogens is 406 g/mol. The fourth-order valence-corrected chi connectivity index (χ4v) is 4.09. The van der Waals surface area contributed by atoms with E-state index in [4.69, 9.17) is 9.47 Å². The predicted molar refractivity (Wildman–Crippen MR) is 109 cm³/mol. The monoisotopic (exact) mass is 427 g/mol. The average molecular weight is 428 g/mol. The number of ether oxygens (including phenoxy) is 2. The van der Waals surface area contributed by atoms with E-state index in [2.05, 4.69) is 61.4 Å². The van der Waals surface area contributed by atoms with Crippen molar-refractivity contribution in [1.82, 2.24) is 15.1 Å². The summed E-state index contributed by atoms with van der Waals surface area (Å²) in [5, 5.41) is 7.86. The quantitative estimate of drug-likeness (QED) is 0.654. The Labute approximate surface area is 167 Å². The molecule has 6 heteroatoms. The Morgan fingerprint density at radius 1 is 1.15 bits per heavy atom. The van der Waals surface area contributed by atoms with Crippen LogP contribution in [-0.2, 0) is 19.5 Å². The van der Waals surface area contributed by atoms with Crippen LogP contribution >= 0.6 is 15.9 Å². The molecule has 0 saturated heterocycles. The van der Waals surface area contributed by atoms with E-state index in [0.29, 0.717) is 11.5 Å². The molecule has 1 aliphatic rings. The summed E-state index contributed by atoms with van der Waals surface area (Å²) < 4.78 is 12.1. The molecule has 0 radical (unpaired) electrons. The molecule has 2 heterocycles. The second-order valence-corrected chi connectivity index (χ2v) is 7.58. The molecular formula is C21H22BrN3O2. The number of aromatic nitrogens is 2. The molecule has 4 rings (SSSR count).